The van der Waals surface area contributed by atoms with Gasteiger partial charge in [-0.2, -0.15) is 0 Å². The molecule has 1 aliphatic rings. The first-order chi connectivity index (χ1) is 11.7. The zero-order valence-corrected chi connectivity index (χ0v) is 15.2. The molecule has 3 rings (SSSR count). The summed E-state index contributed by atoms with van der Waals surface area (Å²) in [5.74, 6) is 0. The van der Waals surface area contributed by atoms with E-state index in [1.54, 1.807) is 11.8 Å². The minimum atomic E-state index is -0.467. The third-order valence-corrected chi connectivity index (χ3v) is 4.93. The van der Waals surface area contributed by atoms with Crippen molar-refractivity contribution in [3.63, 3.8) is 0 Å². The third-order valence-electron chi connectivity index (χ3n) is 3.90. The number of nitrogens with zero attached hydrogens (tertiary/aromatic N) is 2. The van der Waals surface area contributed by atoms with E-state index < -0.39 is 5.54 Å². The predicted octanol–water partition coefficient (Wildman–Crippen LogP) is 4.45. The quantitative estimate of drug-likeness (QED) is 0.895. The van der Waals surface area contributed by atoms with Crippen molar-refractivity contribution in [2.75, 3.05) is 6.54 Å². The van der Waals surface area contributed by atoms with Gasteiger partial charge < -0.3 is 5.32 Å². The number of benzene rings is 2. The molecule has 1 N–H and O–H groups in total. The lowest BCUT2D eigenvalue weighted by molar-refractivity contribution is 0.651. The number of rotatable bonds is 4. The Morgan fingerprint density at radius 3 is 1.96 bits per heavy atom. The molecule has 0 amide bonds. The minimum Gasteiger partial charge on any atom is -0.345 e. The van der Waals surface area contributed by atoms with Crippen molar-refractivity contribution >= 4 is 22.0 Å². The summed E-state index contributed by atoms with van der Waals surface area (Å²) >= 11 is 1.65. The van der Waals surface area contributed by atoms with E-state index in [0.29, 0.717) is 0 Å². The predicted molar refractivity (Wildman–Crippen MR) is 105 cm³/mol. The molecule has 0 radical (unpaired) electrons. The summed E-state index contributed by atoms with van der Waals surface area (Å²) in [5.41, 5.74) is 1.90. The second-order valence-electron chi connectivity index (χ2n) is 6.02. The molecule has 1 fully saturated rings. The highest BCUT2D eigenvalue weighted by molar-refractivity contribution is 8.27. The summed E-state index contributed by atoms with van der Waals surface area (Å²) in [5, 5.41) is 5.67. The lowest BCUT2D eigenvalue weighted by atomic mass is 9.83. The fourth-order valence-corrected chi connectivity index (χ4v) is 4.20. The summed E-state index contributed by atoms with van der Waals surface area (Å²) in [6.45, 7) is 7.04. The molecule has 1 heterocycles. The van der Waals surface area contributed by atoms with Crippen LogP contribution in [0.2, 0.25) is 0 Å². The molecule has 1 aliphatic heterocycles. The zero-order valence-electron chi connectivity index (χ0n) is 14.4. The Labute approximate surface area is 148 Å². The first-order valence-electron chi connectivity index (χ1n) is 8.36. The van der Waals surface area contributed by atoms with Crippen molar-refractivity contribution in [2.24, 2.45) is 9.98 Å². The number of thioether (sulfide) groups is 1. The van der Waals surface area contributed by atoms with Gasteiger partial charge in [0.1, 0.15) is 10.6 Å². The van der Waals surface area contributed by atoms with E-state index in [1.807, 2.05) is 12.1 Å². The average molecular weight is 337 g/mol. The lowest BCUT2D eigenvalue weighted by Gasteiger charge is -2.31. The lowest BCUT2D eigenvalue weighted by Crippen LogP contribution is -2.44. The highest BCUT2D eigenvalue weighted by Crippen LogP contribution is 2.41. The van der Waals surface area contributed by atoms with E-state index >= 15 is 0 Å². The molecule has 0 bridgehead atoms. The minimum absolute atomic E-state index is 0.224. The van der Waals surface area contributed by atoms with Crippen LogP contribution >= 0.6 is 11.8 Å². The van der Waals surface area contributed by atoms with E-state index in [9.17, 15) is 0 Å². The van der Waals surface area contributed by atoms with Crippen LogP contribution in [0.25, 0.3) is 0 Å². The van der Waals surface area contributed by atoms with Crippen LogP contribution in [-0.2, 0) is 5.54 Å². The van der Waals surface area contributed by atoms with E-state index in [4.69, 9.17) is 4.99 Å². The Hall–Kier alpha value is -2.07. The first kappa shape index (κ1) is 16.8. The highest BCUT2D eigenvalue weighted by atomic mass is 32.2. The van der Waals surface area contributed by atoms with Crippen molar-refractivity contribution in [2.45, 2.75) is 32.4 Å². The standard InChI is InChI=1S/C20H23N3S/c1-4-21-19-23-20(16-11-7-5-8-12-16,17-13-9-6-10-14-17)18(24-19)22-15(2)3/h5-15H,4H2,1-3H3,(H,21,23). The topological polar surface area (TPSA) is 36.8 Å². The molecule has 0 aliphatic carbocycles. The van der Waals surface area contributed by atoms with Crippen LogP contribution in [0.4, 0.5) is 0 Å². The molecule has 3 nitrogen and oxygen atoms in total. The van der Waals surface area contributed by atoms with Gasteiger partial charge in [-0.05, 0) is 43.7 Å². The largest absolute Gasteiger partial charge is 0.345 e. The second-order valence-corrected chi connectivity index (χ2v) is 6.99. The van der Waals surface area contributed by atoms with Crippen molar-refractivity contribution in [1.82, 2.24) is 5.32 Å². The Bertz CT molecular complexity index is 696. The maximum absolute atomic E-state index is 4.95. The van der Waals surface area contributed by atoms with E-state index in [-0.39, 0.29) is 6.04 Å². The molecule has 0 aromatic heterocycles. The molecular weight excluding hydrogens is 314 g/mol. The van der Waals surface area contributed by atoms with Gasteiger partial charge in [-0.15, -0.1) is 0 Å². The van der Waals surface area contributed by atoms with Crippen LogP contribution in [0.3, 0.4) is 0 Å². The monoisotopic (exact) mass is 337 g/mol. The Morgan fingerprint density at radius 2 is 1.50 bits per heavy atom. The molecular formula is C20H23N3S. The molecule has 2 aromatic rings. The van der Waals surface area contributed by atoms with Crippen molar-refractivity contribution in [3.8, 4) is 0 Å². The van der Waals surface area contributed by atoms with E-state index in [0.717, 1.165) is 16.8 Å². The van der Waals surface area contributed by atoms with Crippen molar-refractivity contribution < 1.29 is 0 Å². The van der Waals surface area contributed by atoms with E-state index in [1.165, 1.54) is 11.1 Å². The fraction of sp³-hybridized carbons (Fsp3) is 0.300. The third kappa shape index (κ3) is 3.11. The summed E-state index contributed by atoms with van der Waals surface area (Å²) in [4.78, 5) is 9.57. The maximum Gasteiger partial charge on any atom is 0.164 e. The van der Waals surface area contributed by atoms with Gasteiger partial charge in [-0.25, -0.2) is 0 Å². The molecule has 124 valence electrons. The van der Waals surface area contributed by atoms with Crippen molar-refractivity contribution in [1.29, 1.82) is 0 Å². The fourth-order valence-electron chi connectivity index (χ4n) is 2.91. The summed E-state index contributed by atoms with van der Waals surface area (Å²) < 4.78 is 0. The molecule has 24 heavy (non-hydrogen) atoms. The number of hydrogen-bond donors (Lipinski definition) is 1. The second kappa shape index (κ2) is 7.22. The molecule has 4 heteroatoms. The average Bonchev–Trinajstić information content (AvgIpc) is 2.95. The van der Waals surface area contributed by atoms with Crippen LogP contribution < -0.4 is 5.32 Å². The van der Waals surface area contributed by atoms with Crippen LogP contribution in [0, 0.1) is 0 Å². The van der Waals surface area contributed by atoms with E-state index in [2.05, 4.69) is 79.6 Å². The van der Waals surface area contributed by atoms with Gasteiger partial charge in [0.15, 0.2) is 5.17 Å². The van der Waals surface area contributed by atoms with Crippen LogP contribution in [0.15, 0.2) is 70.6 Å². The Balaban J connectivity index is 2.25. The van der Waals surface area contributed by atoms with Crippen LogP contribution in [0.5, 0.6) is 0 Å². The Kier molecular flexibility index (Phi) is 5.05. The van der Waals surface area contributed by atoms with Gasteiger partial charge in [-0.3, -0.25) is 9.98 Å². The molecule has 0 saturated carbocycles. The highest BCUT2D eigenvalue weighted by Gasteiger charge is 2.46. The molecule has 0 atom stereocenters. The number of amidine groups is 1. The molecule has 2 aromatic carbocycles. The number of hydrogen-bond acceptors (Lipinski definition) is 3. The van der Waals surface area contributed by atoms with Crippen LogP contribution in [0.1, 0.15) is 31.9 Å². The Morgan fingerprint density at radius 1 is 0.958 bits per heavy atom. The first-order valence-corrected chi connectivity index (χ1v) is 9.18. The molecule has 0 spiro atoms. The summed E-state index contributed by atoms with van der Waals surface area (Å²) in [7, 11) is 0. The molecule has 1 saturated heterocycles. The smallest absolute Gasteiger partial charge is 0.164 e. The van der Waals surface area contributed by atoms with Crippen LogP contribution in [-0.4, -0.2) is 22.8 Å². The van der Waals surface area contributed by atoms with Gasteiger partial charge in [0.05, 0.1) is 0 Å². The SMILES string of the molecule is CCN=C1NC(c2ccccc2)(c2ccccc2)C(=NC(C)C)S1. The number of aliphatic imine (C=N–C) groups is 2. The summed E-state index contributed by atoms with van der Waals surface area (Å²) in [6, 6.07) is 21.3. The zero-order chi connectivity index (χ0) is 17.0. The van der Waals surface area contributed by atoms with Gasteiger partial charge in [0.25, 0.3) is 0 Å². The molecule has 0 unspecified atom stereocenters. The maximum atomic E-state index is 4.95. The van der Waals surface area contributed by atoms with Gasteiger partial charge >= 0.3 is 0 Å². The normalized spacial score (nSPS) is 19.8. The van der Waals surface area contributed by atoms with Crippen molar-refractivity contribution in [3.05, 3.63) is 71.8 Å². The van der Waals surface area contributed by atoms with Gasteiger partial charge in [-0.1, -0.05) is 60.7 Å². The number of nitrogens with one attached hydrogen (secondary N) is 1. The summed E-state index contributed by atoms with van der Waals surface area (Å²) in [6.07, 6.45) is 0. The van der Waals surface area contributed by atoms with Gasteiger partial charge in [0.2, 0.25) is 0 Å². The van der Waals surface area contributed by atoms with Gasteiger partial charge in [0, 0.05) is 12.6 Å².